The van der Waals surface area contributed by atoms with Crippen LogP contribution in [-0.2, 0) is 31.6 Å². The molecule has 0 bridgehead atoms. The molecule has 0 aromatic carbocycles. The first-order valence-electron chi connectivity index (χ1n) is 8.24. The Balaban J connectivity index is 0. The van der Waals surface area contributed by atoms with E-state index in [1.165, 1.54) is 17.2 Å². The number of imidazole rings is 1. The standard InChI is InChI=1S/C11H18N5O12P3Se.4Na/c1-32-8-7(17)5(2-25-30(21,22)28-31(23,24)27-29(18,19)20)26-11(8)16-4-15-6-9(12)13-3-14-10(6)16;;;;/h3-5,7-8,11,17H,2H2,1H3,(H,21,22)(H,23,24)(H2,12,13,14)(H2,18,19,20);;;;/q;4*+1/p-4/t5-,7-,8+,11-;;;;/m1..../s1. The molecule has 2 aromatic rings. The Hall–Kier alpha value is 3.20. The minimum Gasteiger partial charge on any atom is 1.00 e. The molecular formula is C11H14N5Na4O12P3Se. The molecule has 3 rings (SSSR count). The van der Waals surface area contributed by atoms with Crippen LogP contribution < -0.4 is 144 Å². The summed E-state index contributed by atoms with van der Waals surface area (Å²) in [6.07, 6.45) is -0.820. The van der Waals surface area contributed by atoms with Crippen molar-refractivity contribution in [2.24, 2.45) is 0 Å². The van der Waals surface area contributed by atoms with E-state index >= 15 is 0 Å². The molecule has 0 spiro atoms. The number of rotatable bonds is 9. The van der Waals surface area contributed by atoms with Gasteiger partial charge in [-0.1, -0.05) is 0 Å². The fourth-order valence-electron chi connectivity index (χ4n) is 2.84. The number of aliphatic hydroxyl groups is 1. The van der Waals surface area contributed by atoms with Crippen molar-refractivity contribution >= 4 is 55.4 Å². The maximum absolute atomic E-state index is 11.7. The van der Waals surface area contributed by atoms with E-state index in [-0.39, 0.29) is 145 Å². The zero-order valence-electron chi connectivity index (χ0n) is 19.7. The molecule has 36 heavy (non-hydrogen) atoms. The normalized spacial score (nSPS) is 24.8. The summed E-state index contributed by atoms with van der Waals surface area (Å²) in [4.78, 5) is 55.1. The van der Waals surface area contributed by atoms with Crippen molar-refractivity contribution in [3.8, 4) is 0 Å². The number of fused-ring (bicyclic) bond motifs is 1. The number of anilines is 1. The van der Waals surface area contributed by atoms with Crippen LogP contribution in [-0.4, -0.2) is 58.4 Å². The number of hydrogen-bond donors (Lipinski definition) is 2. The van der Waals surface area contributed by atoms with Crippen LogP contribution in [0.15, 0.2) is 12.7 Å². The number of nitrogens with zero attached hydrogens (tertiary/aromatic N) is 4. The molecule has 25 heteroatoms. The predicted molar refractivity (Wildman–Crippen MR) is 96.0 cm³/mol. The van der Waals surface area contributed by atoms with Crippen molar-refractivity contribution in [1.29, 1.82) is 0 Å². The zero-order valence-corrected chi connectivity index (χ0v) is 32.1. The minimum absolute atomic E-state index is 0. The molecule has 0 radical (unpaired) electrons. The minimum atomic E-state index is -6.10. The maximum Gasteiger partial charge on any atom is 1.00 e. The number of nitrogen functional groups attached to an aromatic ring is 1. The molecule has 0 saturated carbocycles. The van der Waals surface area contributed by atoms with Crippen LogP contribution >= 0.6 is 23.5 Å². The third-order valence-corrected chi connectivity index (χ3v) is 9.92. The number of aliphatic hydroxyl groups excluding tert-OH is 1. The molecule has 2 aromatic heterocycles. The van der Waals surface area contributed by atoms with Gasteiger partial charge in [-0.15, -0.1) is 0 Å². The first-order chi connectivity index (χ1) is 14.7. The Kier molecular flexibility index (Phi) is 19.2. The Bertz CT molecular complexity index is 1150. The fourth-order valence-corrected chi connectivity index (χ4v) is 7.56. The average Bonchev–Trinajstić information content (AvgIpc) is 3.18. The summed E-state index contributed by atoms with van der Waals surface area (Å²) in [7, 11) is -17.9. The van der Waals surface area contributed by atoms with Gasteiger partial charge in [-0.25, -0.2) is 0 Å². The summed E-state index contributed by atoms with van der Waals surface area (Å²) in [6.45, 7) is -0.902. The predicted octanol–water partition coefficient (Wildman–Crippen LogP) is -15.0. The van der Waals surface area contributed by atoms with E-state index in [0.29, 0.717) is 5.65 Å². The smallest absolute Gasteiger partial charge is 1.00 e. The van der Waals surface area contributed by atoms with Gasteiger partial charge in [0.05, 0.1) is 0 Å². The van der Waals surface area contributed by atoms with Crippen molar-refractivity contribution in [2.75, 3.05) is 12.3 Å². The number of aromatic nitrogens is 4. The Labute approximate surface area is 299 Å². The summed E-state index contributed by atoms with van der Waals surface area (Å²) < 4.78 is 51.5. The van der Waals surface area contributed by atoms with Gasteiger partial charge in [0.15, 0.2) is 0 Å². The van der Waals surface area contributed by atoms with Crippen LogP contribution in [0, 0.1) is 0 Å². The van der Waals surface area contributed by atoms with E-state index in [1.807, 2.05) is 0 Å². The second-order valence-corrected chi connectivity index (χ2v) is 12.5. The number of phosphoric ester groups is 1. The van der Waals surface area contributed by atoms with Crippen LogP contribution in [0.5, 0.6) is 0 Å². The molecule has 6 atom stereocenters. The third kappa shape index (κ3) is 11.1. The van der Waals surface area contributed by atoms with Gasteiger partial charge in [-0.05, 0) is 0 Å². The second kappa shape index (κ2) is 16.7. The zero-order chi connectivity index (χ0) is 23.9. The van der Waals surface area contributed by atoms with E-state index in [1.54, 1.807) is 5.82 Å². The molecule has 0 aliphatic carbocycles. The summed E-state index contributed by atoms with van der Waals surface area (Å²) in [5.74, 6) is 1.90. The summed E-state index contributed by atoms with van der Waals surface area (Å²) >= 11 is -0.242. The molecule has 17 nitrogen and oxygen atoms in total. The topological polar surface area (TPSA) is 270 Å². The van der Waals surface area contributed by atoms with E-state index < -0.39 is 53.3 Å². The van der Waals surface area contributed by atoms with Gasteiger partial charge in [0.2, 0.25) is 0 Å². The van der Waals surface area contributed by atoms with Gasteiger partial charge in [0, 0.05) is 0 Å². The van der Waals surface area contributed by atoms with Gasteiger partial charge in [0.25, 0.3) is 0 Å². The number of nitrogens with two attached hydrogens (primary N) is 1. The van der Waals surface area contributed by atoms with E-state index in [4.69, 9.17) is 10.5 Å². The molecule has 1 saturated heterocycles. The van der Waals surface area contributed by atoms with Crippen molar-refractivity contribution in [2.45, 2.75) is 29.1 Å². The van der Waals surface area contributed by atoms with Gasteiger partial charge >= 0.3 is 303 Å². The summed E-state index contributed by atoms with van der Waals surface area (Å²) in [5, 5.41) is 10.6. The Morgan fingerprint density at radius 3 is 2.25 bits per heavy atom. The summed E-state index contributed by atoms with van der Waals surface area (Å²) in [5.41, 5.74) is 6.33. The van der Waals surface area contributed by atoms with Crippen LogP contribution in [0.2, 0.25) is 10.6 Å². The largest absolute Gasteiger partial charge is 1.00 e. The molecule has 1 fully saturated rings. The number of phosphoric acid groups is 3. The Morgan fingerprint density at radius 2 is 1.69 bits per heavy atom. The van der Waals surface area contributed by atoms with Crippen LogP contribution in [0.25, 0.3) is 11.2 Å². The molecule has 3 heterocycles. The van der Waals surface area contributed by atoms with E-state index in [0.717, 1.165) is 0 Å². The van der Waals surface area contributed by atoms with Crippen molar-refractivity contribution in [1.82, 2.24) is 19.5 Å². The average molecular weight is 672 g/mol. The van der Waals surface area contributed by atoms with E-state index in [9.17, 15) is 38.4 Å². The molecule has 3 N–H and O–H groups in total. The quantitative estimate of drug-likeness (QED) is 0.185. The first kappa shape index (κ1) is 41.3. The van der Waals surface area contributed by atoms with Crippen LogP contribution in [0.1, 0.15) is 6.23 Å². The maximum atomic E-state index is 11.7. The van der Waals surface area contributed by atoms with Gasteiger partial charge in [-0.2, -0.15) is 0 Å². The van der Waals surface area contributed by atoms with Crippen LogP contribution in [0.4, 0.5) is 5.82 Å². The fraction of sp³-hybridized carbons (Fsp3) is 0.545. The monoisotopic (exact) mass is 673 g/mol. The molecule has 2 unspecified atom stereocenters. The van der Waals surface area contributed by atoms with Gasteiger partial charge in [0.1, 0.15) is 0 Å². The second-order valence-electron chi connectivity index (χ2n) is 6.14. The SMILES string of the molecule is C[Se][C@H]1[C@H](O)[C@@H](COP(=O)([O-])OP(=O)([O-])OP(=O)([O-])[O-])O[C@H]1n1cnc2c(N)ncnc21.[Na+].[Na+].[Na+].[Na+]. The molecule has 180 valence electrons. The number of ether oxygens (including phenoxy) is 1. The molecule has 1 aliphatic heterocycles. The summed E-state index contributed by atoms with van der Waals surface area (Å²) in [6, 6.07) is 0. The van der Waals surface area contributed by atoms with Gasteiger partial charge in [-0.3, -0.25) is 0 Å². The molecule has 0 amide bonds. The van der Waals surface area contributed by atoms with Crippen molar-refractivity contribution in [3.05, 3.63) is 12.7 Å². The molecular weight excluding hydrogens is 658 g/mol. The number of hydrogen-bond acceptors (Lipinski definition) is 16. The molecule has 1 aliphatic rings. The van der Waals surface area contributed by atoms with Crippen molar-refractivity contribution in [3.63, 3.8) is 0 Å². The Morgan fingerprint density at radius 1 is 1.08 bits per heavy atom. The van der Waals surface area contributed by atoms with Crippen LogP contribution in [0.3, 0.4) is 0 Å². The third-order valence-electron chi connectivity index (χ3n) is 4.04. The first-order valence-corrected chi connectivity index (χ1v) is 15.3. The van der Waals surface area contributed by atoms with Gasteiger partial charge < -0.3 is 0 Å². The van der Waals surface area contributed by atoms with E-state index in [2.05, 4.69) is 28.1 Å². The van der Waals surface area contributed by atoms with Crippen molar-refractivity contribution < 1.29 is 174 Å².